The van der Waals surface area contributed by atoms with Crippen molar-refractivity contribution in [3.8, 4) is 5.75 Å². The molecule has 3 heterocycles. The summed E-state index contributed by atoms with van der Waals surface area (Å²) in [5.74, 6) is 0.536. The van der Waals surface area contributed by atoms with Crippen LogP contribution in [0.1, 0.15) is 40.9 Å². The summed E-state index contributed by atoms with van der Waals surface area (Å²) in [5, 5.41) is 6.81. The van der Waals surface area contributed by atoms with Gasteiger partial charge in [-0.2, -0.15) is 5.10 Å². The average molecular weight is 386 g/mol. The maximum absolute atomic E-state index is 14.2. The third-order valence-electron chi connectivity index (χ3n) is 6.17. The number of halogens is 1. The second-order valence-electron chi connectivity index (χ2n) is 8.16. The average Bonchev–Trinajstić information content (AvgIpc) is 3.30. The van der Waals surface area contributed by atoms with Gasteiger partial charge in [0.15, 0.2) is 0 Å². The van der Waals surface area contributed by atoms with E-state index in [1.807, 2.05) is 11.8 Å². The van der Waals surface area contributed by atoms with E-state index in [9.17, 15) is 9.18 Å². The normalized spacial score (nSPS) is 22.8. The number of methoxy groups -OCH3 is 1. The van der Waals surface area contributed by atoms with E-state index in [4.69, 9.17) is 4.74 Å². The third kappa shape index (κ3) is 3.63. The highest BCUT2D eigenvalue weighted by molar-refractivity contribution is 5.95. The van der Waals surface area contributed by atoms with Crippen LogP contribution in [0.4, 0.5) is 4.39 Å². The summed E-state index contributed by atoms with van der Waals surface area (Å²) in [6, 6.07) is 4.90. The van der Waals surface area contributed by atoms with Crippen LogP contribution >= 0.6 is 0 Å². The number of hydrogen-bond donors (Lipinski definition) is 1. The van der Waals surface area contributed by atoms with Gasteiger partial charge >= 0.3 is 0 Å². The van der Waals surface area contributed by atoms with Crippen LogP contribution in [0.15, 0.2) is 24.4 Å². The Morgan fingerprint density at radius 1 is 1.32 bits per heavy atom. The third-order valence-corrected chi connectivity index (χ3v) is 6.17. The lowest BCUT2D eigenvalue weighted by atomic mass is 9.79. The maximum Gasteiger partial charge on any atom is 0.257 e. The molecule has 1 unspecified atom stereocenters. The van der Waals surface area contributed by atoms with E-state index < -0.39 is 0 Å². The van der Waals surface area contributed by atoms with Crippen molar-refractivity contribution in [3.05, 3.63) is 47.0 Å². The second kappa shape index (κ2) is 7.54. The van der Waals surface area contributed by atoms with Crippen molar-refractivity contribution in [1.82, 2.24) is 20.0 Å². The lowest BCUT2D eigenvalue weighted by Crippen LogP contribution is -2.45. The number of aromatic amines is 1. The van der Waals surface area contributed by atoms with Gasteiger partial charge in [-0.3, -0.25) is 14.8 Å². The van der Waals surface area contributed by atoms with Gasteiger partial charge in [0.25, 0.3) is 5.91 Å². The number of likely N-dealkylation sites (tertiary alicyclic amines) is 2. The minimum atomic E-state index is -0.195. The van der Waals surface area contributed by atoms with Gasteiger partial charge in [-0.15, -0.1) is 0 Å². The number of rotatable bonds is 4. The first-order chi connectivity index (χ1) is 13.5. The summed E-state index contributed by atoms with van der Waals surface area (Å²) in [5.41, 5.74) is 2.23. The predicted molar refractivity (Wildman–Crippen MR) is 104 cm³/mol. The van der Waals surface area contributed by atoms with Crippen molar-refractivity contribution >= 4 is 5.91 Å². The molecule has 1 N–H and O–H groups in total. The van der Waals surface area contributed by atoms with Crippen molar-refractivity contribution in [3.63, 3.8) is 0 Å². The number of nitrogens with one attached hydrogen (secondary N) is 1. The molecule has 1 aromatic carbocycles. The first-order valence-corrected chi connectivity index (χ1v) is 9.84. The summed E-state index contributed by atoms with van der Waals surface area (Å²) >= 11 is 0. The Hall–Kier alpha value is -2.41. The van der Waals surface area contributed by atoms with Gasteiger partial charge in [-0.05, 0) is 50.9 Å². The fourth-order valence-corrected chi connectivity index (χ4v) is 4.66. The molecule has 7 heteroatoms. The number of carbonyl (C=O) groups is 1. The van der Waals surface area contributed by atoms with Crippen molar-refractivity contribution in [2.24, 2.45) is 5.41 Å². The summed E-state index contributed by atoms with van der Waals surface area (Å²) < 4.78 is 19.5. The fraction of sp³-hybridized carbons (Fsp3) is 0.524. The predicted octanol–water partition coefficient (Wildman–Crippen LogP) is 2.99. The lowest BCUT2D eigenvalue weighted by Gasteiger charge is -2.40. The molecular weight excluding hydrogens is 359 g/mol. The zero-order chi connectivity index (χ0) is 19.7. The van der Waals surface area contributed by atoms with Crippen LogP contribution in [0.3, 0.4) is 0 Å². The monoisotopic (exact) mass is 386 g/mol. The maximum atomic E-state index is 14.2. The number of H-pyrrole nitrogens is 1. The van der Waals surface area contributed by atoms with Crippen LogP contribution in [0.5, 0.6) is 5.75 Å². The van der Waals surface area contributed by atoms with E-state index in [-0.39, 0.29) is 17.1 Å². The quantitative estimate of drug-likeness (QED) is 0.878. The molecule has 28 heavy (non-hydrogen) atoms. The number of amides is 1. The number of piperidine rings is 1. The van der Waals surface area contributed by atoms with E-state index in [1.54, 1.807) is 25.4 Å². The molecule has 2 aliphatic heterocycles. The molecule has 0 aliphatic carbocycles. The molecule has 2 aliphatic rings. The first kappa shape index (κ1) is 18.9. The highest BCUT2D eigenvalue weighted by atomic mass is 19.1. The zero-order valence-electron chi connectivity index (χ0n) is 16.5. The molecule has 0 saturated carbocycles. The topological polar surface area (TPSA) is 61.5 Å². The van der Waals surface area contributed by atoms with Crippen molar-refractivity contribution in [1.29, 1.82) is 0 Å². The molecule has 0 radical (unpaired) electrons. The molecular formula is C21H27FN4O2. The largest absolute Gasteiger partial charge is 0.497 e. The van der Waals surface area contributed by atoms with Gasteiger partial charge in [-0.1, -0.05) is 0 Å². The zero-order valence-corrected chi connectivity index (χ0v) is 16.5. The first-order valence-electron chi connectivity index (χ1n) is 9.84. The smallest absolute Gasteiger partial charge is 0.257 e. The molecule has 1 amide bonds. The number of ether oxygens (including phenoxy) is 1. The number of nitrogens with zero attached hydrogens (tertiary/aromatic N) is 3. The Balaban J connectivity index is 1.44. The number of aryl methyl sites for hydroxylation is 1. The molecule has 2 saturated heterocycles. The molecule has 6 nitrogen and oxygen atoms in total. The van der Waals surface area contributed by atoms with Gasteiger partial charge in [0.2, 0.25) is 0 Å². The van der Waals surface area contributed by atoms with Gasteiger partial charge in [0.05, 0.1) is 18.9 Å². The van der Waals surface area contributed by atoms with Crippen LogP contribution in [0.25, 0.3) is 0 Å². The van der Waals surface area contributed by atoms with Crippen molar-refractivity contribution in [2.45, 2.75) is 32.7 Å². The fourth-order valence-electron chi connectivity index (χ4n) is 4.66. The van der Waals surface area contributed by atoms with E-state index in [2.05, 4.69) is 15.1 Å². The number of aromatic nitrogens is 2. The highest BCUT2D eigenvalue weighted by Gasteiger charge is 2.43. The van der Waals surface area contributed by atoms with E-state index in [1.165, 1.54) is 6.07 Å². The van der Waals surface area contributed by atoms with Gasteiger partial charge in [0.1, 0.15) is 11.6 Å². The van der Waals surface area contributed by atoms with Gasteiger partial charge in [0, 0.05) is 42.9 Å². The van der Waals surface area contributed by atoms with Crippen LogP contribution in [-0.4, -0.2) is 59.2 Å². The van der Waals surface area contributed by atoms with Crippen molar-refractivity contribution < 1.29 is 13.9 Å². The number of carbonyl (C=O) groups excluding carboxylic acids is 1. The van der Waals surface area contributed by atoms with E-state index in [0.717, 1.165) is 51.1 Å². The second-order valence-corrected chi connectivity index (χ2v) is 8.16. The molecule has 0 bridgehead atoms. The molecule has 1 atom stereocenters. The SMILES string of the molecule is COc1ccc(F)c(CN2CCCC3(CCN(C(=O)c4cn[nH]c4C)C3)C2)c1. The summed E-state index contributed by atoms with van der Waals surface area (Å²) in [6.45, 7) is 5.81. The Morgan fingerprint density at radius 3 is 2.93 bits per heavy atom. The Bertz CT molecular complexity index is 868. The summed E-state index contributed by atoms with van der Waals surface area (Å²) in [6.07, 6.45) is 4.78. The molecule has 1 aromatic heterocycles. The number of hydrogen-bond acceptors (Lipinski definition) is 4. The van der Waals surface area contributed by atoms with Crippen LogP contribution in [0, 0.1) is 18.2 Å². The Labute approximate surface area is 164 Å². The van der Waals surface area contributed by atoms with E-state index in [0.29, 0.717) is 23.4 Å². The van der Waals surface area contributed by atoms with Crippen molar-refractivity contribution in [2.75, 3.05) is 33.3 Å². The Kier molecular flexibility index (Phi) is 5.10. The van der Waals surface area contributed by atoms with E-state index >= 15 is 0 Å². The minimum absolute atomic E-state index is 0.0547. The lowest BCUT2D eigenvalue weighted by molar-refractivity contribution is 0.0672. The molecule has 4 rings (SSSR count). The Morgan fingerprint density at radius 2 is 2.18 bits per heavy atom. The highest BCUT2D eigenvalue weighted by Crippen LogP contribution is 2.40. The van der Waals surface area contributed by atoms with Crippen LogP contribution in [0.2, 0.25) is 0 Å². The molecule has 2 aromatic rings. The molecule has 150 valence electrons. The standard InChI is InChI=1S/C21H27FN4O2/c1-15-18(11-23-24-15)20(27)26-9-7-21(14-26)6-3-8-25(13-21)12-16-10-17(28-2)4-5-19(16)22/h4-5,10-11H,3,6-9,12-14H2,1-2H3,(H,23,24). The molecule has 2 fully saturated rings. The van der Waals surface area contributed by atoms with Gasteiger partial charge < -0.3 is 9.64 Å². The summed E-state index contributed by atoms with van der Waals surface area (Å²) in [7, 11) is 1.60. The van der Waals surface area contributed by atoms with Crippen LogP contribution < -0.4 is 4.74 Å². The number of benzene rings is 1. The van der Waals surface area contributed by atoms with Crippen LogP contribution in [-0.2, 0) is 6.54 Å². The summed E-state index contributed by atoms with van der Waals surface area (Å²) in [4.78, 5) is 17.1. The minimum Gasteiger partial charge on any atom is -0.497 e. The van der Waals surface area contributed by atoms with Gasteiger partial charge in [-0.25, -0.2) is 4.39 Å². The molecule has 1 spiro atoms.